The molecular formula is C22H28N8. The minimum atomic E-state index is 0.153. The molecule has 1 atom stereocenters. The van der Waals surface area contributed by atoms with Crippen LogP contribution in [0.2, 0.25) is 0 Å². The van der Waals surface area contributed by atoms with E-state index in [4.69, 9.17) is 21.9 Å². The van der Waals surface area contributed by atoms with E-state index >= 15 is 0 Å². The van der Waals surface area contributed by atoms with E-state index in [-0.39, 0.29) is 11.8 Å². The van der Waals surface area contributed by atoms with Crippen LogP contribution in [0.3, 0.4) is 0 Å². The van der Waals surface area contributed by atoms with Crippen LogP contribution in [-0.2, 0) is 6.54 Å². The molecule has 5 N–H and O–H groups in total. The van der Waals surface area contributed by atoms with Crippen molar-refractivity contribution in [1.82, 2.24) is 19.7 Å². The van der Waals surface area contributed by atoms with Gasteiger partial charge in [0.15, 0.2) is 0 Å². The smallest absolute Gasteiger partial charge is 0.129 e. The number of anilines is 2. The highest BCUT2D eigenvalue weighted by Crippen LogP contribution is 2.24. The molecule has 4 rings (SSSR count). The standard InChI is InChI=1S/C22H28N8/c1-2-30-13-15(11-27-30)20-10-17(18(24)12-26-20)22(25)19-7-5-8-21(28-19)29-9-4-3-6-16(23)14-29/h5,7-8,10-13,16,25H,2-4,6,9,14,23-24H2,1H3. The molecule has 4 heterocycles. The van der Waals surface area contributed by atoms with Gasteiger partial charge < -0.3 is 16.4 Å². The first-order valence-corrected chi connectivity index (χ1v) is 10.4. The van der Waals surface area contributed by atoms with Crippen LogP contribution in [0.4, 0.5) is 11.5 Å². The van der Waals surface area contributed by atoms with Crippen molar-refractivity contribution in [3.63, 3.8) is 0 Å². The van der Waals surface area contributed by atoms with Crippen LogP contribution in [0, 0.1) is 5.41 Å². The van der Waals surface area contributed by atoms with Gasteiger partial charge in [0.05, 0.1) is 35.2 Å². The zero-order valence-corrected chi connectivity index (χ0v) is 17.3. The molecule has 1 saturated heterocycles. The van der Waals surface area contributed by atoms with E-state index in [0.29, 0.717) is 16.9 Å². The summed E-state index contributed by atoms with van der Waals surface area (Å²) in [6, 6.07) is 7.75. The minimum absolute atomic E-state index is 0.153. The maximum atomic E-state index is 8.77. The van der Waals surface area contributed by atoms with Crippen molar-refractivity contribution < 1.29 is 0 Å². The summed E-state index contributed by atoms with van der Waals surface area (Å²) in [7, 11) is 0. The number of pyridine rings is 2. The van der Waals surface area contributed by atoms with Gasteiger partial charge in [0.2, 0.25) is 0 Å². The molecule has 1 fully saturated rings. The number of hydrogen-bond donors (Lipinski definition) is 3. The van der Waals surface area contributed by atoms with E-state index in [9.17, 15) is 0 Å². The SMILES string of the molecule is CCn1cc(-c2cc(C(=N)c3cccc(N4CCCCC(N)C4)n3)c(N)cn2)cn1. The van der Waals surface area contributed by atoms with Crippen molar-refractivity contribution in [2.75, 3.05) is 23.7 Å². The van der Waals surface area contributed by atoms with Crippen LogP contribution >= 0.6 is 0 Å². The molecule has 8 heteroatoms. The van der Waals surface area contributed by atoms with E-state index in [1.807, 2.05) is 42.1 Å². The summed E-state index contributed by atoms with van der Waals surface area (Å²) in [6.45, 7) is 4.53. The van der Waals surface area contributed by atoms with Crippen molar-refractivity contribution in [1.29, 1.82) is 5.41 Å². The van der Waals surface area contributed by atoms with Gasteiger partial charge in [-0.25, -0.2) is 4.98 Å². The number of nitrogens with one attached hydrogen (secondary N) is 1. The Morgan fingerprint density at radius 3 is 2.93 bits per heavy atom. The molecule has 1 aliphatic rings. The lowest BCUT2D eigenvalue weighted by Gasteiger charge is -2.24. The predicted molar refractivity (Wildman–Crippen MR) is 120 cm³/mol. The Labute approximate surface area is 176 Å². The Morgan fingerprint density at radius 2 is 2.13 bits per heavy atom. The third-order valence-corrected chi connectivity index (χ3v) is 5.48. The molecule has 0 aromatic carbocycles. The van der Waals surface area contributed by atoms with Gasteiger partial charge >= 0.3 is 0 Å². The molecule has 3 aromatic heterocycles. The second-order valence-corrected chi connectivity index (χ2v) is 7.70. The largest absolute Gasteiger partial charge is 0.397 e. The number of nitrogens with zero attached hydrogens (tertiary/aromatic N) is 5. The molecule has 0 saturated carbocycles. The lowest BCUT2D eigenvalue weighted by atomic mass is 10.0. The van der Waals surface area contributed by atoms with Gasteiger partial charge in [-0.3, -0.25) is 15.1 Å². The zero-order valence-electron chi connectivity index (χ0n) is 17.3. The molecule has 8 nitrogen and oxygen atoms in total. The van der Waals surface area contributed by atoms with Gasteiger partial charge in [-0.05, 0) is 38.0 Å². The Bertz CT molecular complexity index is 1040. The molecule has 1 aliphatic heterocycles. The highest BCUT2D eigenvalue weighted by Gasteiger charge is 2.18. The van der Waals surface area contributed by atoms with Crippen molar-refractivity contribution in [2.45, 2.75) is 38.8 Å². The fourth-order valence-corrected chi connectivity index (χ4v) is 3.77. The first-order chi connectivity index (χ1) is 14.5. The number of aromatic nitrogens is 4. The summed E-state index contributed by atoms with van der Waals surface area (Å²) < 4.78 is 1.84. The first-order valence-electron chi connectivity index (χ1n) is 10.4. The molecule has 1 unspecified atom stereocenters. The third-order valence-electron chi connectivity index (χ3n) is 5.48. The normalized spacial score (nSPS) is 17.0. The molecule has 3 aromatic rings. The summed E-state index contributed by atoms with van der Waals surface area (Å²) in [6.07, 6.45) is 8.59. The van der Waals surface area contributed by atoms with Gasteiger partial charge in [0, 0.05) is 43.0 Å². The Morgan fingerprint density at radius 1 is 1.27 bits per heavy atom. The van der Waals surface area contributed by atoms with E-state index in [1.165, 1.54) is 0 Å². The second kappa shape index (κ2) is 8.62. The lowest BCUT2D eigenvalue weighted by Crippen LogP contribution is -2.36. The number of hydrogen-bond acceptors (Lipinski definition) is 7. The Kier molecular flexibility index (Phi) is 5.76. The van der Waals surface area contributed by atoms with Crippen LogP contribution in [0.1, 0.15) is 37.4 Å². The van der Waals surface area contributed by atoms with Crippen molar-refractivity contribution in [2.24, 2.45) is 5.73 Å². The molecule has 156 valence electrons. The van der Waals surface area contributed by atoms with Gasteiger partial charge in [-0.1, -0.05) is 12.5 Å². The molecule has 0 bridgehead atoms. The fourth-order valence-electron chi connectivity index (χ4n) is 3.77. The molecule has 0 amide bonds. The average molecular weight is 405 g/mol. The van der Waals surface area contributed by atoms with Crippen molar-refractivity contribution in [3.8, 4) is 11.3 Å². The van der Waals surface area contributed by atoms with Gasteiger partial charge in [0.25, 0.3) is 0 Å². The maximum absolute atomic E-state index is 8.77. The van der Waals surface area contributed by atoms with Crippen LogP contribution in [0.25, 0.3) is 11.3 Å². The summed E-state index contributed by atoms with van der Waals surface area (Å²) in [5, 5.41) is 13.1. The fraction of sp³-hybridized carbons (Fsp3) is 0.364. The minimum Gasteiger partial charge on any atom is -0.397 e. The summed E-state index contributed by atoms with van der Waals surface area (Å²) >= 11 is 0. The predicted octanol–water partition coefficient (Wildman–Crippen LogP) is 2.68. The van der Waals surface area contributed by atoms with Crippen LogP contribution in [-0.4, -0.2) is 44.6 Å². The molecule has 30 heavy (non-hydrogen) atoms. The summed E-state index contributed by atoms with van der Waals surface area (Å²) in [5.41, 5.74) is 15.9. The molecule has 0 spiro atoms. The van der Waals surface area contributed by atoms with E-state index in [2.05, 4.69) is 15.0 Å². The van der Waals surface area contributed by atoms with Crippen molar-refractivity contribution >= 4 is 17.2 Å². The number of rotatable bonds is 5. The maximum Gasteiger partial charge on any atom is 0.129 e. The van der Waals surface area contributed by atoms with Gasteiger partial charge in [-0.2, -0.15) is 5.10 Å². The number of nitrogens with two attached hydrogens (primary N) is 2. The van der Waals surface area contributed by atoms with Crippen LogP contribution in [0.5, 0.6) is 0 Å². The highest BCUT2D eigenvalue weighted by molar-refractivity contribution is 6.13. The van der Waals surface area contributed by atoms with Gasteiger partial charge in [-0.15, -0.1) is 0 Å². The number of aryl methyl sites for hydroxylation is 1. The van der Waals surface area contributed by atoms with Crippen molar-refractivity contribution in [3.05, 3.63) is 54.1 Å². The molecule has 0 radical (unpaired) electrons. The Balaban J connectivity index is 1.63. The van der Waals surface area contributed by atoms with E-state index in [1.54, 1.807) is 12.4 Å². The first kappa shape index (κ1) is 20.0. The third kappa shape index (κ3) is 4.18. The van der Waals surface area contributed by atoms with Gasteiger partial charge in [0.1, 0.15) is 5.82 Å². The zero-order chi connectivity index (χ0) is 21.1. The monoisotopic (exact) mass is 404 g/mol. The second-order valence-electron chi connectivity index (χ2n) is 7.70. The Hall–Kier alpha value is -3.26. The van der Waals surface area contributed by atoms with E-state index in [0.717, 1.165) is 56.0 Å². The summed E-state index contributed by atoms with van der Waals surface area (Å²) in [5.74, 6) is 0.853. The highest BCUT2D eigenvalue weighted by atomic mass is 15.3. The summed E-state index contributed by atoms with van der Waals surface area (Å²) in [4.78, 5) is 11.4. The molecular weight excluding hydrogens is 376 g/mol. The van der Waals surface area contributed by atoms with Crippen LogP contribution in [0.15, 0.2) is 42.9 Å². The average Bonchev–Trinajstić information content (AvgIpc) is 3.14. The quantitative estimate of drug-likeness (QED) is 0.562. The van der Waals surface area contributed by atoms with Crippen LogP contribution < -0.4 is 16.4 Å². The van der Waals surface area contributed by atoms with E-state index < -0.39 is 0 Å². The topological polar surface area (TPSA) is 123 Å². The lowest BCUT2D eigenvalue weighted by molar-refractivity contribution is 0.620. The molecule has 0 aliphatic carbocycles. The number of nitrogen functional groups attached to an aromatic ring is 1.